The predicted molar refractivity (Wildman–Crippen MR) is 48.0 cm³/mol. The summed E-state index contributed by atoms with van der Waals surface area (Å²) in [6.45, 7) is 1.83. The van der Waals surface area contributed by atoms with Gasteiger partial charge < -0.3 is 5.73 Å². The highest BCUT2D eigenvalue weighted by Crippen LogP contribution is 2.08. The van der Waals surface area contributed by atoms with Crippen LogP contribution < -0.4 is 5.73 Å². The molecule has 1 rings (SSSR count). The van der Waals surface area contributed by atoms with Crippen LogP contribution in [0, 0.1) is 18.3 Å². The number of nitrogens with two attached hydrogens (primary N) is 1. The summed E-state index contributed by atoms with van der Waals surface area (Å²) in [4.78, 5) is 4.15. The molecule has 1 aromatic rings. The molecule has 0 aliphatic rings. The summed E-state index contributed by atoms with van der Waals surface area (Å²) in [5.41, 5.74) is 7.78. The maximum absolute atomic E-state index is 8.26. The number of allylic oxidation sites excluding steroid dienone is 1. The van der Waals surface area contributed by atoms with E-state index in [1.165, 1.54) is 6.08 Å². The number of anilines is 1. The summed E-state index contributed by atoms with van der Waals surface area (Å²) >= 11 is 0. The van der Waals surface area contributed by atoms with Gasteiger partial charge in [-0.25, -0.2) is 0 Å². The number of nitriles is 1. The quantitative estimate of drug-likeness (QED) is 0.632. The topological polar surface area (TPSA) is 62.7 Å². The molecule has 0 atom stereocenters. The summed E-state index contributed by atoms with van der Waals surface area (Å²) in [5.74, 6) is 0. The number of nitrogen functional groups attached to an aromatic ring is 1. The molecular weight excluding hydrogens is 150 g/mol. The van der Waals surface area contributed by atoms with Crippen molar-refractivity contribution in [3.8, 4) is 6.07 Å². The molecule has 12 heavy (non-hydrogen) atoms. The maximum Gasteiger partial charge on any atom is 0.0912 e. The molecule has 3 heteroatoms. The molecule has 1 heterocycles. The fourth-order valence-electron chi connectivity index (χ4n) is 0.807. The minimum Gasteiger partial charge on any atom is -0.397 e. The van der Waals surface area contributed by atoms with E-state index >= 15 is 0 Å². The van der Waals surface area contributed by atoms with Gasteiger partial charge in [0.25, 0.3) is 0 Å². The molecule has 0 fully saturated rings. The molecule has 0 radical (unpaired) electrons. The zero-order valence-corrected chi connectivity index (χ0v) is 6.78. The van der Waals surface area contributed by atoms with Gasteiger partial charge in [0.1, 0.15) is 0 Å². The highest BCUT2D eigenvalue weighted by Gasteiger charge is 1.93. The van der Waals surface area contributed by atoms with Crippen LogP contribution in [0.25, 0.3) is 6.08 Å². The molecule has 1 aromatic heterocycles. The summed E-state index contributed by atoms with van der Waals surface area (Å²) in [7, 11) is 0. The van der Waals surface area contributed by atoms with E-state index in [0.717, 1.165) is 11.4 Å². The largest absolute Gasteiger partial charge is 0.397 e. The Balaban J connectivity index is 2.99. The third kappa shape index (κ3) is 1.83. The second-order valence-corrected chi connectivity index (χ2v) is 2.37. The summed E-state index contributed by atoms with van der Waals surface area (Å²) < 4.78 is 0. The lowest BCUT2D eigenvalue weighted by Crippen LogP contribution is -1.93. The van der Waals surface area contributed by atoms with E-state index < -0.39 is 0 Å². The average Bonchev–Trinajstić information content (AvgIpc) is 2.07. The van der Waals surface area contributed by atoms with Crippen molar-refractivity contribution in [3.63, 3.8) is 0 Å². The Morgan fingerprint density at radius 3 is 2.92 bits per heavy atom. The number of hydrogen-bond donors (Lipinski definition) is 1. The van der Waals surface area contributed by atoms with Gasteiger partial charge in [-0.15, -0.1) is 0 Å². The summed E-state index contributed by atoms with van der Waals surface area (Å²) in [5, 5.41) is 8.26. The van der Waals surface area contributed by atoms with Gasteiger partial charge in [-0.2, -0.15) is 5.26 Å². The molecule has 0 aromatic carbocycles. The van der Waals surface area contributed by atoms with Crippen molar-refractivity contribution in [2.45, 2.75) is 6.92 Å². The van der Waals surface area contributed by atoms with E-state index in [4.69, 9.17) is 11.0 Å². The van der Waals surface area contributed by atoms with Gasteiger partial charge in [0.2, 0.25) is 0 Å². The molecule has 0 saturated heterocycles. The molecule has 0 aliphatic heterocycles. The molecule has 0 unspecified atom stereocenters. The summed E-state index contributed by atoms with van der Waals surface area (Å²) in [6, 6.07) is 5.45. The number of nitrogens with zero attached hydrogens (tertiary/aromatic N) is 2. The smallest absolute Gasteiger partial charge is 0.0912 e. The SMILES string of the molecule is Cc1nc(C=CC#N)ccc1N. The lowest BCUT2D eigenvalue weighted by Gasteiger charge is -1.98. The number of hydrogen-bond acceptors (Lipinski definition) is 3. The third-order valence-electron chi connectivity index (χ3n) is 1.48. The van der Waals surface area contributed by atoms with Gasteiger partial charge in [-0.3, -0.25) is 4.98 Å². The average molecular weight is 159 g/mol. The van der Waals surface area contributed by atoms with E-state index in [2.05, 4.69) is 4.98 Å². The molecule has 60 valence electrons. The van der Waals surface area contributed by atoms with E-state index in [-0.39, 0.29) is 0 Å². The lowest BCUT2D eigenvalue weighted by molar-refractivity contribution is 1.19. The van der Waals surface area contributed by atoms with Crippen LogP contribution in [0.1, 0.15) is 11.4 Å². The van der Waals surface area contributed by atoms with Gasteiger partial charge in [0, 0.05) is 6.08 Å². The van der Waals surface area contributed by atoms with Crippen LogP contribution in [0.3, 0.4) is 0 Å². The van der Waals surface area contributed by atoms with Gasteiger partial charge in [-0.1, -0.05) is 0 Å². The van der Waals surface area contributed by atoms with Crippen LogP contribution in [0.2, 0.25) is 0 Å². The first-order valence-corrected chi connectivity index (χ1v) is 3.53. The highest BCUT2D eigenvalue weighted by atomic mass is 14.7. The van der Waals surface area contributed by atoms with Gasteiger partial charge in [0.15, 0.2) is 0 Å². The second kappa shape index (κ2) is 3.54. The van der Waals surface area contributed by atoms with Crippen LogP contribution in [-0.2, 0) is 0 Å². The maximum atomic E-state index is 8.26. The molecule has 0 bridgehead atoms. The van der Waals surface area contributed by atoms with Crippen LogP contribution in [0.5, 0.6) is 0 Å². The van der Waals surface area contributed by atoms with Gasteiger partial charge in [-0.05, 0) is 25.1 Å². The van der Waals surface area contributed by atoms with Crippen molar-refractivity contribution >= 4 is 11.8 Å². The minimum atomic E-state index is 0.670. The first kappa shape index (κ1) is 8.28. The predicted octanol–water partition coefficient (Wildman–Crippen LogP) is 1.51. The minimum absolute atomic E-state index is 0.670. The number of aromatic nitrogens is 1. The van der Waals surface area contributed by atoms with Crippen molar-refractivity contribution in [2.24, 2.45) is 0 Å². The molecule has 0 spiro atoms. The van der Waals surface area contributed by atoms with Crippen molar-refractivity contribution in [3.05, 3.63) is 29.6 Å². The number of aryl methyl sites for hydroxylation is 1. The Labute approximate surface area is 71.2 Å². The first-order valence-electron chi connectivity index (χ1n) is 3.53. The Kier molecular flexibility index (Phi) is 2.44. The van der Waals surface area contributed by atoms with Crippen molar-refractivity contribution in [1.29, 1.82) is 5.26 Å². The zero-order chi connectivity index (χ0) is 8.97. The molecule has 0 amide bonds. The molecule has 3 nitrogen and oxygen atoms in total. The molecular formula is C9H9N3. The summed E-state index contributed by atoms with van der Waals surface area (Å²) in [6.07, 6.45) is 3.03. The Morgan fingerprint density at radius 2 is 2.33 bits per heavy atom. The number of rotatable bonds is 1. The molecule has 2 N–H and O–H groups in total. The normalized spacial score (nSPS) is 10.0. The third-order valence-corrected chi connectivity index (χ3v) is 1.48. The van der Waals surface area contributed by atoms with E-state index in [1.54, 1.807) is 18.2 Å². The van der Waals surface area contributed by atoms with Crippen molar-refractivity contribution in [2.75, 3.05) is 5.73 Å². The monoisotopic (exact) mass is 159 g/mol. The van der Waals surface area contributed by atoms with E-state index in [9.17, 15) is 0 Å². The molecule has 0 aliphatic carbocycles. The fourth-order valence-corrected chi connectivity index (χ4v) is 0.807. The van der Waals surface area contributed by atoms with Gasteiger partial charge in [0.05, 0.1) is 23.1 Å². The highest BCUT2D eigenvalue weighted by molar-refractivity contribution is 5.52. The van der Waals surface area contributed by atoms with Crippen molar-refractivity contribution in [1.82, 2.24) is 4.98 Å². The Morgan fingerprint density at radius 1 is 1.58 bits per heavy atom. The zero-order valence-electron chi connectivity index (χ0n) is 6.78. The Hall–Kier alpha value is -1.82. The second-order valence-electron chi connectivity index (χ2n) is 2.37. The first-order chi connectivity index (χ1) is 5.74. The van der Waals surface area contributed by atoms with Crippen LogP contribution in [0.4, 0.5) is 5.69 Å². The fraction of sp³-hybridized carbons (Fsp3) is 0.111. The standard InChI is InChI=1S/C9H9N3/c1-7-9(11)5-4-8(12-7)3-2-6-10/h2-5H,11H2,1H3. The van der Waals surface area contributed by atoms with E-state index in [1.807, 2.05) is 13.0 Å². The lowest BCUT2D eigenvalue weighted by atomic mass is 10.2. The number of pyridine rings is 1. The van der Waals surface area contributed by atoms with Gasteiger partial charge >= 0.3 is 0 Å². The van der Waals surface area contributed by atoms with Crippen LogP contribution in [-0.4, -0.2) is 4.98 Å². The van der Waals surface area contributed by atoms with Crippen molar-refractivity contribution < 1.29 is 0 Å². The Bertz CT molecular complexity index is 347. The molecule has 0 saturated carbocycles. The van der Waals surface area contributed by atoms with Crippen LogP contribution in [0.15, 0.2) is 18.2 Å². The van der Waals surface area contributed by atoms with Crippen LogP contribution >= 0.6 is 0 Å². The van der Waals surface area contributed by atoms with E-state index in [0.29, 0.717) is 5.69 Å².